The first-order valence-electron chi connectivity index (χ1n) is 24.8. The van der Waals surface area contributed by atoms with Gasteiger partial charge in [-0.15, -0.1) is 6.42 Å². The summed E-state index contributed by atoms with van der Waals surface area (Å²) in [5.74, 6) is -4.67. The van der Waals surface area contributed by atoms with Gasteiger partial charge in [0.15, 0.2) is 17.7 Å². The second kappa shape index (κ2) is 26.7. The SMILES string of the molecule is C#CCNC(=O)[C@H](CCC(=O)N[C@H](C(=O)N[C@@H](C)C(=O)Nc1ccc(COC(=O)N2c3cc(OC)c(OC)cc3C(=O)N3C=C(c4ccc(OC)cc4)C[C@H]3[C@@H]2O)cc1)C(C)C)NC(=O)[C@H](CNCC(=O)O)N1C(=O)C=CC1=O. The highest BCUT2D eigenvalue weighted by Gasteiger charge is 2.46. The molecule has 0 saturated heterocycles. The van der Waals surface area contributed by atoms with Crippen LogP contribution in [0.5, 0.6) is 17.2 Å². The second-order valence-electron chi connectivity index (χ2n) is 18.6. The summed E-state index contributed by atoms with van der Waals surface area (Å²) in [7, 11) is 4.34. The molecule has 79 heavy (non-hydrogen) atoms. The van der Waals surface area contributed by atoms with Crippen molar-refractivity contribution in [3.05, 3.63) is 95.7 Å². The Morgan fingerprint density at radius 1 is 0.810 bits per heavy atom. The third kappa shape index (κ3) is 14.4. The van der Waals surface area contributed by atoms with E-state index in [0.29, 0.717) is 21.9 Å². The van der Waals surface area contributed by atoms with Crippen molar-refractivity contribution in [1.82, 2.24) is 36.4 Å². The quantitative estimate of drug-likeness (QED) is 0.0458. The third-order valence-corrected chi connectivity index (χ3v) is 12.9. The third-order valence-electron chi connectivity index (χ3n) is 12.9. The molecule has 0 aliphatic carbocycles. The molecule has 25 heteroatoms. The van der Waals surface area contributed by atoms with Crippen LogP contribution in [0.3, 0.4) is 0 Å². The number of anilines is 2. The first-order valence-corrected chi connectivity index (χ1v) is 24.8. The van der Waals surface area contributed by atoms with Crippen molar-refractivity contribution in [2.24, 2.45) is 5.92 Å². The molecule has 0 bridgehead atoms. The van der Waals surface area contributed by atoms with Crippen molar-refractivity contribution in [3.8, 4) is 29.6 Å². The summed E-state index contributed by atoms with van der Waals surface area (Å²) in [5.41, 5.74) is 2.37. The van der Waals surface area contributed by atoms with Gasteiger partial charge in [0.05, 0.1) is 51.7 Å². The number of ether oxygens (including phenoxy) is 4. The number of carbonyl (C=O) groups is 10. The Hall–Kier alpha value is -9.28. The molecular weight excluding hydrogens is 1030 g/mol. The maximum Gasteiger partial charge on any atom is 0.416 e. The number of rotatable bonds is 24. The smallest absolute Gasteiger partial charge is 0.416 e. The first-order chi connectivity index (χ1) is 37.7. The Morgan fingerprint density at radius 2 is 1.47 bits per heavy atom. The molecule has 0 radical (unpaired) electrons. The summed E-state index contributed by atoms with van der Waals surface area (Å²) in [6, 6.07) is 9.98. The number of hydrogen-bond acceptors (Lipinski definition) is 16. The number of nitrogens with zero attached hydrogens (tertiary/aromatic N) is 3. The maximum atomic E-state index is 14.2. The topological polar surface area (TPSA) is 330 Å². The molecule has 0 fully saturated rings. The molecule has 3 aliphatic rings. The van der Waals surface area contributed by atoms with Gasteiger partial charge in [-0.1, -0.05) is 44.0 Å². The van der Waals surface area contributed by atoms with E-state index in [1.54, 1.807) is 51.4 Å². The number of benzene rings is 3. The zero-order chi connectivity index (χ0) is 57.7. The van der Waals surface area contributed by atoms with E-state index in [9.17, 15) is 53.1 Å². The molecule has 9 amide bonds. The van der Waals surface area contributed by atoms with Gasteiger partial charge in [-0.3, -0.25) is 48.1 Å². The highest BCUT2D eigenvalue weighted by molar-refractivity contribution is 6.15. The summed E-state index contributed by atoms with van der Waals surface area (Å²) in [5, 5.41) is 36.1. The molecule has 25 nitrogen and oxygen atoms in total. The number of imide groups is 1. The van der Waals surface area contributed by atoms with Gasteiger partial charge in [0.1, 0.15) is 36.5 Å². The summed E-state index contributed by atoms with van der Waals surface area (Å²) in [6.45, 7) is 3.04. The van der Waals surface area contributed by atoms with Gasteiger partial charge in [0.25, 0.3) is 17.7 Å². The number of carboxylic acids is 1. The van der Waals surface area contributed by atoms with Crippen LogP contribution in [0.4, 0.5) is 16.2 Å². The van der Waals surface area contributed by atoms with Gasteiger partial charge in [0, 0.05) is 43.1 Å². The number of carboxylic acid groups (broad SMARTS) is 1. The number of amides is 9. The number of carbonyl (C=O) groups excluding carboxylic acids is 9. The van der Waals surface area contributed by atoms with E-state index < -0.39 is 121 Å². The number of fused-ring (bicyclic) bond motifs is 2. The zero-order valence-corrected chi connectivity index (χ0v) is 44.0. The second-order valence-corrected chi connectivity index (χ2v) is 18.6. The Kier molecular flexibility index (Phi) is 19.9. The number of aliphatic carboxylic acids is 1. The van der Waals surface area contributed by atoms with Crippen LogP contribution in [0.15, 0.2) is 79.0 Å². The predicted molar refractivity (Wildman–Crippen MR) is 282 cm³/mol. The molecule has 0 unspecified atom stereocenters. The standard InChI is InChI=1S/C54H61N9O16/c1-8-21-56-49(70)37(59-50(71)40(25-55-26-46(67)68)62-44(65)19-20-45(62)66)17-18-43(64)60-47(29(2)3)51(72)57-30(4)48(69)58-34-13-9-31(10-14-34)28-79-54(75)63-38-24-42(78-7)41(77-6)23-36(38)52(73)61-27-33(22-39(61)53(63)74)32-11-15-35(76-5)16-12-32/h1,9-16,19-20,23-24,27,29-30,37,39-40,47,53,55,74H,17-18,21-22,25-26,28H2,2-7H3,(H,56,70)(H,57,72)(H,58,69)(H,59,71)(H,60,64)(H,67,68)/t30-,37-,39-,40-,47-,53-/m0/s1. The van der Waals surface area contributed by atoms with Crippen LogP contribution in [0.2, 0.25) is 0 Å². The van der Waals surface area contributed by atoms with Crippen molar-refractivity contribution in [1.29, 1.82) is 0 Å². The van der Waals surface area contributed by atoms with Crippen molar-refractivity contribution >= 4 is 76.3 Å². The number of aliphatic hydroxyl groups excluding tert-OH is 1. The first kappa shape index (κ1) is 59.0. The zero-order valence-electron chi connectivity index (χ0n) is 44.0. The Balaban J connectivity index is 1.05. The normalized spacial score (nSPS) is 16.9. The van der Waals surface area contributed by atoms with Gasteiger partial charge in [-0.25, -0.2) is 9.69 Å². The minimum Gasteiger partial charge on any atom is -0.497 e. The van der Waals surface area contributed by atoms with Crippen LogP contribution in [0.25, 0.3) is 5.57 Å². The van der Waals surface area contributed by atoms with E-state index in [1.165, 1.54) is 50.3 Å². The fourth-order valence-electron chi connectivity index (χ4n) is 8.70. The lowest BCUT2D eigenvalue weighted by atomic mass is 10.0. The molecule has 418 valence electrons. The van der Waals surface area contributed by atoms with E-state index in [-0.39, 0.29) is 48.7 Å². The molecular formula is C54H61N9O16. The maximum absolute atomic E-state index is 14.2. The van der Waals surface area contributed by atoms with Gasteiger partial charge in [0.2, 0.25) is 29.5 Å². The van der Waals surface area contributed by atoms with Gasteiger partial charge >= 0.3 is 12.1 Å². The van der Waals surface area contributed by atoms with Crippen LogP contribution in [-0.2, 0) is 49.7 Å². The minimum absolute atomic E-state index is 0.0268. The number of hydrogen-bond donors (Lipinski definition) is 8. The molecule has 3 aromatic carbocycles. The van der Waals surface area contributed by atoms with Crippen molar-refractivity contribution in [3.63, 3.8) is 0 Å². The highest BCUT2D eigenvalue weighted by Crippen LogP contribution is 2.43. The largest absolute Gasteiger partial charge is 0.497 e. The monoisotopic (exact) mass is 1090 g/mol. The fraction of sp³-hybridized carbons (Fsp3) is 0.370. The van der Waals surface area contributed by atoms with Crippen LogP contribution >= 0.6 is 0 Å². The molecule has 0 saturated carbocycles. The van der Waals surface area contributed by atoms with Gasteiger partial charge in [-0.05, 0) is 72.7 Å². The lowest BCUT2D eigenvalue weighted by molar-refractivity contribution is -0.145. The number of methoxy groups -OCH3 is 3. The van der Waals surface area contributed by atoms with Crippen LogP contribution in [0.1, 0.15) is 61.5 Å². The van der Waals surface area contributed by atoms with E-state index in [1.807, 2.05) is 12.1 Å². The van der Waals surface area contributed by atoms with Crippen molar-refractivity contribution in [2.45, 2.75) is 83.1 Å². The number of terminal acetylenes is 1. The van der Waals surface area contributed by atoms with Crippen LogP contribution < -0.4 is 51.0 Å². The Labute approximate surface area is 454 Å². The van der Waals surface area contributed by atoms with Gasteiger partial charge in [-0.2, -0.15) is 0 Å². The average molecular weight is 1090 g/mol. The number of aliphatic hydroxyl groups is 1. The molecule has 3 heterocycles. The van der Waals surface area contributed by atoms with Gasteiger partial charge < -0.3 is 66.0 Å². The van der Waals surface area contributed by atoms with E-state index >= 15 is 0 Å². The lowest BCUT2D eigenvalue weighted by Gasteiger charge is -2.31. The summed E-state index contributed by atoms with van der Waals surface area (Å²) < 4.78 is 22.0. The van der Waals surface area contributed by atoms with Crippen molar-refractivity contribution in [2.75, 3.05) is 51.2 Å². The average Bonchev–Trinajstić information content (AvgIpc) is 4.13. The van der Waals surface area contributed by atoms with E-state index in [4.69, 9.17) is 30.5 Å². The molecule has 6 rings (SSSR count). The fourth-order valence-corrected chi connectivity index (χ4v) is 8.70. The summed E-state index contributed by atoms with van der Waals surface area (Å²) in [4.78, 5) is 134. The highest BCUT2D eigenvalue weighted by atomic mass is 16.6. The van der Waals surface area contributed by atoms with Crippen LogP contribution in [0, 0.1) is 18.3 Å². The molecule has 8 N–H and O–H groups in total. The molecule has 0 aromatic heterocycles. The molecule has 3 aromatic rings. The summed E-state index contributed by atoms with van der Waals surface area (Å²) in [6.07, 6.45) is 5.61. The molecule has 6 atom stereocenters. The van der Waals surface area contributed by atoms with E-state index in [0.717, 1.165) is 28.2 Å². The summed E-state index contributed by atoms with van der Waals surface area (Å²) >= 11 is 0. The van der Waals surface area contributed by atoms with Crippen molar-refractivity contribution < 1.29 is 77.1 Å². The minimum atomic E-state index is -1.59. The van der Waals surface area contributed by atoms with Crippen LogP contribution in [-0.4, -0.2) is 157 Å². The predicted octanol–water partition coefficient (Wildman–Crippen LogP) is 1.01. The Morgan fingerprint density at radius 3 is 2.08 bits per heavy atom. The molecule has 3 aliphatic heterocycles. The molecule has 0 spiro atoms. The van der Waals surface area contributed by atoms with E-state index in [2.05, 4.69) is 37.8 Å². The number of nitrogens with one attached hydrogen (secondary N) is 6. The lowest BCUT2D eigenvalue weighted by Crippen LogP contribution is -2.58. The Bertz CT molecular complexity index is 2940.